The zero-order valence-electron chi connectivity index (χ0n) is 10.7. The lowest BCUT2D eigenvalue weighted by Gasteiger charge is -2.19. The number of aldehydes is 1. The third-order valence-corrected chi connectivity index (χ3v) is 2.59. The third-order valence-electron chi connectivity index (χ3n) is 2.59. The molecule has 5 heteroatoms. The lowest BCUT2D eigenvalue weighted by molar-refractivity contribution is -0.139. The Morgan fingerprint density at radius 2 is 2.06 bits per heavy atom. The summed E-state index contributed by atoms with van der Waals surface area (Å²) in [4.78, 5) is 23.4. The van der Waals surface area contributed by atoms with Crippen LogP contribution in [0.1, 0.15) is 10.4 Å². The molecule has 0 atom stereocenters. The minimum atomic E-state index is -0.270. The van der Waals surface area contributed by atoms with Crippen LogP contribution in [0, 0.1) is 0 Å². The van der Waals surface area contributed by atoms with Gasteiger partial charge in [-0.15, -0.1) is 0 Å². The fraction of sp³-hybridized carbons (Fsp3) is 0.385. The van der Waals surface area contributed by atoms with Crippen LogP contribution in [0.4, 0.5) is 5.69 Å². The zero-order chi connectivity index (χ0) is 13.4. The number of benzene rings is 1. The number of anilines is 1. The van der Waals surface area contributed by atoms with E-state index in [-0.39, 0.29) is 12.5 Å². The fourth-order valence-corrected chi connectivity index (χ4v) is 1.45. The Morgan fingerprint density at radius 3 is 2.61 bits per heavy atom. The van der Waals surface area contributed by atoms with Crippen LogP contribution in [-0.4, -0.2) is 46.0 Å². The van der Waals surface area contributed by atoms with Crippen molar-refractivity contribution in [3.8, 4) is 0 Å². The van der Waals surface area contributed by atoms with Crippen LogP contribution in [0.15, 0.2) is 24.3 Å². The van der Waals surface area contributed by atoms with Gasteiger partial charge in [0.1, 0.15) is 6.29 Å². The normalized spacial score (nSPS) is 9.89. The van der Waals surface area contributed by atoms with Crippen molar-refractivity contribution in [3.63, 3.8) is 0 Å². The first kappa shape index (κ1) is 14.2. The largest absolute Gasteiger partial charge is 0.468 e. The van der Waals surface area contributed by atoms with E-state index in [1.807, 2.05) is 24.1 Å². The van der Waals surface area contributed by atoms with Gasteiger partial charge in [-0.1, -0.05) is 0 Å². The van der Waals surface area contributed by atoms with Crippen molar-refractivity contribution in [2.45, 2.75) is 0 Å². The quantitative estimate of drug-likeness (QED) is 0.438. The molecule has 0 spiro atoms. The zero-order valence-corrected chi connectivity index (χ0v) is 10.7. The molecule has 0 bridgehead atoms. The van der Waals surface area contributed by atoms with Crippen LogP contribution in [0.2, 0.25) is 0 Å². The van der Waals surface area contributed by atoms with Crippen LogP contribution in [-0.2, 0) is 9.53 Å². The molecule has 1 aromatic carbocycles. The number of esters is 1. The maximum Gasteiger partial charge on any atom is 0.319 e. The van der Waals surface area contributed by atoms with Gasteiger partial charge in [0.15, 0.2) is 0 Å². The number of methoxy groups -OCH3 is 1. The fourth-order valence-electron chi connectivity index (χ4n) is 1.45. The van der Waals surface area contributed by atoms with Crippen molar-refractivity contribution in [3.05, 3.63) is 29.8 Å². The number of nitrogens with zero attached hydrogens (tertiary/aromatic N) is 1. The summed E-state index contributed by atoms with van der Waals surface area (Å²) < 4.78 is 4.52. The number of likely N-dealkylation sites (N-methyl/N-ethyl adjacent to an activating group) is 1. The molecule has 0 aromatic heterocycles. The molecule has 0 aliphatic heterocycles. The number of hydrogen-bond acceptors (Lipinski definition) is 5. The maximum absolute atomic E-state index is 10.9. The molecule has 0 fully saturated rings. The Kier molecular flexibility index (Phi) is 5.87. The topological polar surface area (TPSA) is 58.6 Å². The summed E-state index contributed by atoms with van der Waals surface area (Å²) in [7, 11) is 3.32. The van der Waals surface area contributed by atoms with E-state index in [4.69, 9.17) is 0 Å². The summed E-state index contributed by atoms with van der Waals surface area (Å²) >= 11 is 0. The summed E-state index contributed by atoms with van der Waals surface area (Å²) in [5.74, 6) is -0.270. The van der Waals surface area contributed by atoms with Gasteiger partial charge < -0.3 is 15.0 Å². The summed E-state index contributed by atoms with van der Waals surface area (Å²) in [6, 6.07) is 7.34. The predicted molar refractivity (Wildman–Crippen MR) is 70.0 cm³/mol. The Bertz CT molecular complexity index is 390. The smallest absolute Gasteiger partial charge is 0.319 e. The first-order valence-corrected chi connectivity index (χ1v) is 5.71. The number of carbonyl (C=O) groups excluding carboxylic acids is 2. The van der Waals surface area contributed by atoms with Gasteiger partial charge in [-0.2, -0.15) is 0 Å². The van der Waals surface area contributed by atoms with Crippen LogP contribution < -0.4 is 10.2 Å². The Hall–Kier alpha value is -1.88. The molecular formula is C13H18N2O3. The van der Waals surface area contributed by atoms with Crippen LogP contribution in [0.3, 0.4) is 0 Å². The van der Waals surface area contributed by atoms with Crippen LogP contribution in [0.25, 0.3) is 0 Å². The van der Waals surface area contributed by atoms with Gasteiger partial charge in [0.25, 0.3) is 0 Å². The molecule has 1 N–H and O–H groups in total. The van der Waals surface area contributed by atoms with E-state index in [0.29, 0.717) is 12.1 Å². The molecule has 0 heterocycles. The highest BCUT2D eigenvalue weighted by atomic mass is 16.5. The van der Waals surface area contributed by atoms with Gasteiger partial charge >= 0.3 is 5.97 Å². The molecule has 0 unspecified atom stereocenters. The monoisotopic (exact) mass is 250 g/mol. The predicted octanol–water partition coefficient (Wildman–Crippen LogP) is 0.698. The van der Waals surface area contributed by atoms with Gasteiger partial charge in [-0.3, -0.25) is 9.59 Å². The summed E-state index contributed by atoms with van der Waals surface area (Å²) in [5.41, 5.74) is 1.69. The third kappa shape index (κ3) is 4.55. The first-order valence-electron chi connectivity index (χ1n) is 5.71. The number of rotatable bonds is 7. The SMILES string of the molecule is COC(=O)CNCCN(C)c1ccc(C=O)cc1. The highest BCUT2D eigenvalue weighted by molar-refractivity contribution is 5.75. The molecule has 0 saturated heterocycles. The molecule has 1 aromatic rings. The van der Waals surface area contributed by atoms with Crippen LogP contribution in [0.5, 0.6) is 0 Å². The molecule has 0 saturated carbocycles. The standard InChI is InChI=1S/C13H18N2O3/c1-15(8-7-14-9-13(17)18-2)12-5-3-11(10-16)4-6-12/h3-6,10,14H,7-9H2,1-2H3. The van der Waals surface area contributed by atoms with E-state index < -0.39 is 0 Å². The Balaban J connectivity index is 2.33. The molecule has 0 aliphatic carbocycles. The minimum Gasteiger partial charge on any atom is -0.468 e. The number of nitrogens with one attached hydrogen (secondary N) is 1. The molecule has 0 aliphatic rings. The highest BCUT2D eigenvalue weighted by Gasteiger charge is 2.02. The lowest BCUT2D eigenvalue weighted by atomic mass is 10.2. The molecule has 98 valence electrons. The van der Waals surface area contributed by atoms with Gasteiger partial charge in [0.05, 0.1) is 13.7 Å². The van der Waals surface area contributed by atoms with Gasteiger partial charge in [0, 0.05) is 31.4 Å². The van der Waals surface area contributed by atoms with Crippen molar-refractivity contribution >= 4 is 17.9 Å². The number of hydrogen-bond donors (Lipinski definition) is 1. The van der Waals surface area contributed by atoms with E-state index in [1.165, 1.54) is 7.11 Å². The summed E-state index contributed by atoms with van der Waals surface area (Å²) in [6.45, 7) is 1.66. The summed E-state index contributed by atoms with van der Waals surface area (Å²) in [6.07, 6.45) is 0.821. The maximum atomic E-state index is 10.9. The van der Waals surface area contributed by atoms with Crippen molar-refractivity contribution < 1.29 is 14.3 Å². The van der Waals surface area contributed by atoms with E-state index in [2.05, 4.69) is 10.1 Å². The van der Waals surface area contributed by atoms with Crippen LogP contribution >= 0.6 is 0 Å². The van der Waals surface area contributed by atoms with Crippen molar-refractivity contribution in [1.82, 2.24) is 5.32 Å². The van der Waals surface area contributed by atoms with E-state index >= 15 is 0 Å². The van der Waals surface area contributed by atoms with Crippen molar-refractivity contribution in [2.24, 2.45) is 0 Å². The van der Waals surface area contributed by atoms with E-state index in [1.54, 1.807) is 12.1 Å². The van der Waals surface area contributed by atoms with Gasteiger partial charge in [-0.05, 0) is 24.3 Å². The molecule has 0 amide bonds. The summed E-state index contributed by atoms with van der Waals surface area (Å²) in [5, 5.41) is 2.99. The lowest BCUT2D eigenvalue weighted by Crippen LogP contribution is -2.32. The Morgan fingerprint density at radius 1 is 1.39 bits per heavy atom. The molecule has 1 rings (SSSR count). The van der Waals surface area contributed by atoms with E-state index in [9.17, 15) is 9.59 Å². The van der Waals surface area contributed by atoms with Crippen molar-refractivity contribution in [2.75, 3.05) is 38.7 Å². The second-order valence-corrected chi connectivity index (χ2v) is 3.88. The number of carbonyl (C=O) groups is 2. The van der Waals surface area contributed by atoms with Crippen molar-refractivity contribution in [1.29, 1.82) is 0 Å². The molecule has 0 radical (unpaired) electrons. The highest BCUT2D eigenvalue weighted by Crippen LogP contribution is 2.12. The van der Waals surface area contributed by atoms with Gasteiger partial charge in [0.2, 0.25) is 0 Å². The van der Waals surface area contributed by atoms with E-state index in [0.717, 1.165) is 18.5 Å². The number of ether oxygens (including phenoxy) is 1. The van der Waals surface area contributed by atoms with Gasteiger partial charge in [-0.25, -0.2) is 0 Å². The average Bonchev–Trinajstić information content (AvgIpc) is 2.43. The second-order valence-electron chi connectivity index (χ2n) is 3.88. The molecular weight excluding hydrogens is 232 g/mol. The minimum absolute atomic E-state index is 0.217. The second kappa shape index (κ2) is 7.45. The first-order chi connectivity index (χ1) is 8.67. The average molecular weight is 250 g/mol. The Labute approximate surface area is 107 Å². The molecule has 18 heavy (non-hydrogen) atoms. The molecule has 5 nitrogen and oxygen atoms in total.